The summed E-state index contributed by atoms with van der Waals surface area (Å²) in [5, 5.41) is 5.72. The molecular weight excluding hydrogens is 379 g/mol. The van der Waals surface area contributed by atoms with Gasteiger partial charge in [0.15, 0.2) is 11.5 Å². The van der Waals surface area contributed by atoms with Crippen molar-refractivity contribution in [1.82, 2.24) is 5.43 Å². The molecule has 0 unspecified atom stereocenters. The van der Waals surface area contributed by atoms with Crippen LogP contribution < -0.4 is 20.2 Å². The van der Waals surface area contributed by atoms with E-state index < -0.39 is 18.0 Å². The van der Waals surface area contributed by atoms with Crippen LogP contribution in [0.25, 0.3) is 0 Å². The van der Waals surface area contributed by atoms with Crippen molar-refractivity contribution in [3.8, 4) is 11.5 Å². The maximum atomic E-state index is 12.2. The minimum Gasteiger partial charge on any atom is -0.454 e. The van der Waals surface area contributed by atoms with Crippen molar-refractivity contribution < 1.29 is 32.2 Å². The first-order valence-corrected chi connectivity index (χ1v) is 7.97. The topological polar surface area (TPSA) is 89.0 Å². The predicted molar refractivity (Wildman–Crippen MR) is 93.4 cm³/mol. The Labute approximate surface area is 157 Å². The van der Waals surface area contributed by atoms with Crippen LogP contribution in [0.2, 0.25) is 0 Å². The van der Waals surface area contributed by atoms with E-state index in [1.54, 1.807) is 24.4 Å². The Morgan fingerprint density at radius 3 is 2.32 bits per heavy atom. The lowest BCUT2D eigenvalue weighted by atomic mass is 10.1. The van der Waals surface area contributed by atoms with E-state index in [1.807, 2.05) is 0 Å². The molecule has 0 bridgehead atoms. The molecular formula is C18H14F3N3O4. The Morgan fingerprint density at radius 2 is 1.64 bits per heavy atom. The summed E-state index contributed by atoms with van der Waals surface area (Å²) >= 11 is 0. The molecule has 3 rings (SSSR count). The van der Waals surface area contributed by atoms with Crippen molar-refractivity contribution in [2.75, 3.05) is 12.1 Å². The first kappa shape index (κ1) is 19.2. The molecule has 28 heavy (non-hydrogen) atoms. The monoisotopic (exact) mass is 393 g/mol. The fourth-order valence-electron chi connectivity index (χ4n) is 2.30. The molecule has 0 atom stereocenters. The lowest BCUT2D eigenvalue weighted by molar-refractivity contribution is -0.167. The standard InChI is InChI=1S/C18H14F3N3O4/c1-10(11-2-5-13(6-3-11)22-17(26)18(19,20)21)23-24-16(25)12-4-7-14-15(8-12)28-9-27-14/h2-8H,9H2,1H3,(H,22,26)(H,24,25)/b23-10-. The molecule has 0 fully saturated rings. The predicted octanol–water partition coefficient (Wildman–Crippen LogP) is 3.07. The van der Waals surface area contributed by atoms with Crippen molar-refractivity contribution in [2.24, 2.45) is 5.10 Å². The molecule has 2 aromatic rings. The van der Waals surface area contributed by atoms with Crippen molar-refractivity contribution in [3.05, 3.63) is 53.6 Å². The molecule has 0 aliphatic carbocycles. The molecule has 1 aliphatic rings. The van der Waals surface area contributed by atoms with Gasteiger partial charge in [0.05, 0.1) is 5.71 Å². The van der Waals surface area contributed by atoms with Crippen LogP contribution in [0.4, 0.5) is 18.9 Å². The summed E-state index contributed by atoms with van der Waals surface area (Å²) in [6.07, 6.45) is -4.96. The smallest absolute Gasteiger partial charge is 0.454 e. The highest BCUT2D eigenvalue weighted by atomic mass is 19.4. The zero-order valence-corrected chi connectivity index (χ0v) is 14.5. The van der Waals surface area contributed by atoms with Gasteiger partial charge in [0.1, 0.15) is 0 Å². The van der Waals surface area contributed by atoms with E-state index in [4.69, 9.17) is 9.47 Å². The van der Waals surface area contributed by atoms with Crippen LogP contribution in [0, 0.1) is 0 Å². The van der Waals surface area contributed by atoms with Gasteiger partial charge >= 0.3 is 12.1 Å². The van der Waals surface area contributed by atoms with Gasteiger partial charge in [-0.05, 0) is 42.8 Å². The zero-order valence-electron chi connectivity index (χ0n) is 14.5. The van der Waals surface area contributed by atoms with Gasteiger partial charge in [0.25, 0.3) is 5.91 Å². The first-order chi connectivity index (χ1) is 13.2. The van der Waals surface area contributed by atoms with Crippen LogP contribution in [-0.2, 0) is 4.79 Å². The number of ether oxygens (including phenoxy) is 2. The Morgan fingerprint density at radius 1 is 1.00 bits per heavy atom. The van der Waals surface area contributed by atoms with Crippen LogP contribution in [0.5, 0.6) is 11.5 Å². The molecule has 7 nitrogen and oxygen atoms in total. The van der Waals surface area contributed by atoms with Gasteiger partial charge in [-0.3, -0.25) is 9.59 Å². The lowest BCUT2D eigenvalue weighted by Crippen LogP contribution is -2.29. The van der Waals surface area contributed by atoms with E-state index in [0.717, 1.165) is 0 Å². The summed E-state index contributed by atoms with van der Waals surface area (Å²) in [7, 11) is 0. The molecule has 2 aromatic carbocycles. The van der Waals surface area contributed by atoms with E-state index in [9.17, 15) is 22.8 Å². The zero-order chi connectivity index (χ0) is 20.3. The summed E-state index contributed by atoms with van der Waals surface area (Å²) < 4.78 is 47.1. The van der Waals surface area contributed by atoms with E-state index in [1.165, 1.54) is 30.3 Å². The van der Waals surface area contributed by atoms with Gasteiger partial charge in [0, 0.05) is 11.3 Å². The highest BCUT2D eigenvalue weighted by molar-refractivity contribution is 6.01. The molecule has 2 amide bonds. The largest absolute Gasteiger partial charge is 0.471 e. The fraction of sp³-hybridized carbons (Fsp3) is 0.167. The third kappa shape index (κ3) is 4.40. The number of amides is 2. The normalized spacial score (nSPS) is 13.2. The maximum Gasteiger partial charge on any atom is 0.471 e. The van der Waals surface area contributed by atoms with Crippen molar-refractivity contribution >= 4 is 23.2 Å². The summed E-state index contributed by atoms with van der Waals surface area (Å²) in [6.45, 7) is 1.71. The molecule has 1 heterocycles. The molecule has 0 saturated carbocycles. The molecule has 2 N–H and O–H groups in total. The summed E-state index contributed by atoms with van der Waals surface area (Å²) in [5.74, 6) is -1.51. The molecule has 0 spiro atoms. The number of benzene rings is 2. The van der Waals surface area contributed by atoms with Gasteiger partial charge in [-0.1, -0.05) is 12.1 Å². The first-order valence-electron chi connectivity index (χ1n) is 7.97. The van der Waals surface area contributed by atoms with E-state index in [0.29, 0.717) is 28.3 Å². The number of nitrogens with zero attached hydrogens (tertiary/aromatic N) is 1. The summed E-state index contributed by atoms with van der Waals surface area (Å²) in [4.78, 5) is 23.1. The van der Waals surface area contributed by atoms with Crippen LogP contribution in [0.3, 0.4) is 0 Å². The number of carbonyl (C=O) groups excluding carboxylic acids is 2. The average molecular weight is 393 g/mol. The third-order valence-corrected chi connectivity index (χ3v) is 3.78. The highest BCUT2D eigenvalue weighted by Crippen LogP contribution is 2.32. The molecule has 0 aromatic heterocycles. The molecule has 1 aliphatic heterocycles. The maximum absolute atomic E-state index is 12.2. The Bertz CT molecular complexity index is 940. The number of alkyl halides is 3. The number of carbonyl (C=O) groups is 2. The fourth-order valence-corrected chi connectivity index (χ4v) is 2.30. The molecule has 0 radical (unpaired) electrons. The minimum atomic E-state index is -4.96. The number of hydrogen-bond donors (Lipinski definition) is 2. The molecule has 0 saturated heterocycles. The Balaban J connectivity index is 1.63. The van der Waals surface area contributed by atoms with Crippen LogP contribution in [0.1, 0.15) is 22.8 Å². The second-order valence-corrected chi connectivity index (χ2v) is 5.74. The second-order valence-electron chi connectivity index (χ2n) is 5.74. The summed E-state index contributed by atoms with van der Waals surface area (Å²) in [6, 6.07) is 10.2. The number of hydrogen-bond acceptors (Lipinski definition) is 5. The van der Waals surface area contributed by atoms with E-state index in [2.05, 4.69) is 10.5 Å². The summed E-state index contributed by atoms with van der Waals surface area (Å²) in [5.41, 5.74) is 3.67. The minimum absolute atomic E-state index is 0.0109. The number of halogens is 3. The van der Waals surface area contributed by atoms with Crippen LogP contribution in [0.15, 0.2) is 47.6 Å². The number of nitrogens with one attached hydrogen (secondary N) is 2. The molecule has 10 heteroatoms. The number of fused-ring (bicyclic) bond motifs is 1. The van der Waals surface area contributed by atoms with E-state index >= 15 is 0 Å². The Kier molecular flexibility index (Phi) is 5.21. The average Bonchev–Trinajstić information content (AvgIpc) is 3.13. The number of anilines is 1. The SMILES string of the molecule is C/C(=N/NC(=O)c1ccc2c(c1)OCO2)c1ccc(NC(=O)C(F)(F)F)cc1. The second kappa shape index (κ2) is 7.59. The van der Waals surface area contributed by atoms with Crippen LogP contribution >= 0.6 is 0 Å². The van der Waals surface area contributed by atoms with Crippen molar-refractivity contribution in [3.63, 3.8) is 0 Å². The highest BCUT2D eigenvalue weighted by Gasteiger charge is 2.38. The van der Waals surface area contributed by atoms with Gasteiger partial charge in [0.2, 0.25) is 6.79 Å². The van der Waals surface area contributed by atoms with Crippen molar-refractivity contribution in [1.29, 1.82) is 0 Å². The van der Waals surface area contributed by atoms with Crippen molar-refractivity contribution in [2.45, 2.75) is 13.1 Å². The van der Waals surface area contributed by atoms with E-state index in [-0.39, 0.29) is 12.5 Å². The van der Waals surface area contributed by atoms with Gasteiger partial charge in [-0.2, -0.15) is 18.3 Å². The third-order valence-electron chi connectivity index (χ3n) is 3.78. The quantitative estimate of drug-likeness (QED) is 0.617. The van der Waals surface area contributed by atoms with Crippen LogP contribution in [-0.4, -0.2) is 30.5 Å². The number of hydrazone groups is 1. The molecule has 146 valence electrons. The van der Waals surface area contributed by atoms with Gasteiger partial charge in [-0.15, -0.1) is 0 Å². The van der Waals surface area contributed by atoms with Gasteiger partial charge < -0.3 is 14.8 Å². The number of rotatable bonds is 4. The Hall–Kier alpha value is -3.56. The van der Waals surface area contributed by atoms with Gasteiger partial charge in [-0.25, -0.2) is 5.43 Å². The lowest BCUT2D eigenvalue weighted by Gasteiger charge is -2.08.